The summed E-state index contributed by atoms with van der Waals surface area (Å²) in [5.41, 5.74) is 0.881. The van der Waals surface area contributed by atoms with Crippen LogP contribution in [0.2, 0.25) is 0 Å². The van der Waals surface area contributed by atoms with Crippen LogP contribution in [0.5, 0.6) is 0 Å². The van der Waals surface area contributed by atoms with E-state index in [-0.39, 0.29) is 18.3 Å². The Bertz CT molecular complexity index is 851. The molecule has 6 nitrogen and oxygen atoms in total. The summed E-state index contributed by atoms with van der Waals surface area (Å²) in [5.74, 6) is -0.436. The van der Waals surface area contributed by atoms with Crippen molar-refractivity contribution in [3.05, 3.63) is 42.2 Å². The standard InChI is InChI=1S/C18H18N2O4S/c1-2-3-10-19-16(21)11-23-18(22)14-9-8-13(24-14)17-20-12-6-4-5-7-15(12)25-17/h4-9H,2-3,10-11H2,1H3,(H,19,21). The van der Waals surface area contributed by atoms with Crippen molar-refractivity contribution in [2.24, 2.45) is 0 Å². The van der Waals surface area contributed by atoms with Crippen molar-refractivity contribution in [1.29, 1.82) is 0 Å². The number of ether oxygens (including phenoxy) is 1. The Balaban J connectivity index is 1.60. The van der Waals surface area contributed by atoms with Crippen molar-refractivity contribution in [1.82, 2.24) is 10.3 Å². The van der Waals surface area contributed by atoms with E-state index in [0.717, 1.165) is 23.1 Å². The minimum absolute atomic E-state index is 0.0515. The minimum Gasteiger partial charge on any atom is -0.450 e. The van der Waals surface area contributed by atoms with Crippen LogP contribution < -0.4 is 5.32 Å². The third-order valence-corrected chi connectivity index (χ3v) is 4.55. The van der Waals surface area contributed by atoms with Gasteiger partial charge in [0.15, 0.2) is 17.4 Å². The number of carbonyl (C=O) groups excluding carboxylic acids is 2. The molecule has 0 aliphatic carbocycles. The molecule has 0 aliphatic rings. The van der Waals surface area contributed by atoms with Gasteiger partial charge in [0.25, 0.3) is 5.91 Å². The van der Waals surface area contributed by atoms with Crippen molar-refractivity contribution in [2.45, 2.75) is 19.8 Å². The van der Waals surface area contributed by atoms with E-state index in [9.17, 15) is 9.59 Å². The number of para-hydroxylation sites is 1. The number of hydrogen-bond donors (Lipinski definition) is 1. The van der Waals surface area contributed by atoms with Gasteiger partial charge in [-0.25, -0.2) is 9.78 Å². The van der Waals surface area contributed by atoms with E-state index in [2.05, 4.69) is 10.3 Å². The van der Waals surface area contributed by atoms with Crippen LogP contribution in [-0.4, -0.2) is 30.0 Å². The van der Waals surface area contributed by atoms with E-state index in [4.69, 9.17) is 9.15 Å². The molecule has 0 unspecified atom stereocenters. The lowest BCUT2D eigenvalue weighted by Crippen LogP contribution is -2.29. The Labute approximate surface area is 148 Å². The average molecular weight is 358 g/mol. The second kappa shape index (κ2) is 7.94. The molecular weight excluding hydrogens is 340 g/mol. The Kier molecular flexibility index (Phi) is 5.45. The van der Waals surface area contributed by atoms with E-state index in [1.165, 1.54) is 17.4 Å². The third kappa shape index (κ3) is 4.24. The van der Waals surface area contributed by atoms with Gasteiger partial charge in [-0.2, -0.15) is 0 Å². The highest BCUT2D eigenvalue weighted by atomic mass is 32.1. The number of fused-ring (bicyclic) bond motifs is 1. The average Bonchev–Trinajstić information content (AvgIpc) is 3.26. The maximum atomic E-state index is 12.0. The largest absolute Gasteiger partial charge is 0.450 e. The molecule has 7 heteroatoms. The molecule has 3 rings (SSSR count). The number of nitrogens with zero attached hydrogens (tertiary/aromatic N) is 1. The highest BCUT2D eigenvalue weighted by Gasteiger charge is 2.17. The summed E-state index contributed by atoms with van der Waals surface area (Å²) in [7, 11) is 0. The van der Waals surface area contributed by atoms with E-state index in [1.54, 1.807) is 6.07 Å². The van der Waals surface area contributed by atoms with E-state index >= 15 is 0 Å². The van der Waals surface area contributed by atoms with Crippen molar-refractivity contribution in [3.8, 4) is 10.8 Å². The molecule has 2 aromatic heterocycles. The van der Waals surface area contributed by atoms with Gasteiger partial charge >= 0.3 is 5.97 Å². The van der Waals surface area contributed by atoms with Crippen LogP contribution in [0, 0.1) is 0 Å². The molecule has 3 aromatic rings. The summed E-state index contributed by atoms with van der Waals surface area (Å²) in [4.78, 5) is 28.0. The summed E-state index contributed by atoms with van der Waals surface area (Å²) in [5, 5.41) is 3.37. The number of rotatable bonds is 7. The molecule has 2 heterocycles. The van der Waals surface area contributed by atoms with Crippen molar-refractivity contribution in [3.63, 3.8) is 0 Å². The topological polar surface area (TPSA) is 81.4 Å². The van der Waals surface area contributed by atoms with Crippen molar-refractivity contribution < 1.29 is 18.7 Å². The van der Waals surface area contributed by atoms with Gasteiger partial charge in [-0.1, -0.05) is 25.5 Å². The zero-order chi connectivity index (χ0) is 17.6. The molecule has 0 aliphatic heterocycles. The molecule has 0 saturated carbocycles. The van der Waals surface area contributed by atoms with Gasteiger partial charge in [-0.15, -0.1) is 11.3 Å². The molecule has 1 aromatic carbocycles. The number of carbonyl (C=O) groups is 2. The van der Waals surface area contributed by atoms with E-state index < -0.39 is 5.97 Å². The molecular formula is C18H18N2O4S. The third-order valence-electron chi connectivity index (χ3n) is 3.50. The lowest BCUT2D eigenvalue weighted by atomic mass is 10.3. The van der Waals surface area contributed by atoms with Crippen molar-refractivity contribution in [2.75, 3.05) is 13.2 Å². The van der Waals surface area contributed by atoms with Gasteiger partial charge in [-0.3, -0.25) is 4.79 Å². The van der Waals surface area contributed by atoms with Crippen LogP contribution in [0.25, 0.3) is 21.0 Å². The maximum absolute atomic E-state index is 12.0. The Morgan fingerprint density at radius 2 is 2.08 bits per heavy atom. The van der Waals surface area contributed by atoms with E-state index in [1.807, 2.05) is 31.2 Å². The molecule has 0 atom stereocenters. The molecule has 0 spiro atoms. The molecule has 0 bridgehead atoms. The predicted octanol–water partition coefficient (Wildman–Crippen LogP) is 3.63. The zero-order valence-electron chi connectivity index (χ0n) is 13.8. The van der Waals surface area contributed by atoms with Gasteiger partial charge in [0.05, 0.1) is 10.2 Å². The number of hydrogen-bond acceptors (Lipinski definition) is 6. The summed E-state index contributed by atoms with van der Waals surface area (Å²) in [6.07, 6.45) is 1.88. The number of unbranched alkanes of at least 4 members (excludes halogenated alkanes) is 1. The Morgan fingerprint density at radius 1 is 1.24 bits per heavy atom. The minimum atomic E-state index is -0.669. The predicted molar refractivity (Wildman–Crippen MR) is 95.5 cm³/mol. The fourth-order valence-corrected chi connectivity index (χ4v) is 3.13. The maximum Gasteiger partial charge on any atom is 0.374 e. The lowest BCUT2D eigenvalue weighted by Gasteiger charge is -2.04. The molecule has 1 N–H and O–H groups in total. The molecule has 0 radical (unpaired) electrons. The lowest BCUT2D eigenvalue weighted by molar-refractivity contribution is -0.124. The molecule has 0 saturated heterocycles. The zero-order valence-corrected chi connectivity index (χ0v) is 14.6. The molecule has 130 valence electrons. The first-order chi connectivity index (χ1) is 12.2. The molecule has 0 fully saturated rings. The first-order valence-corrected chi connectivity index (χ1v) is 8.88. The fraction of sp³-hybridized carbons (Fsp3) is 0.278. The van der Waals surface area contributed by atoms with Crippen LogP contribution in [0.15, 0.2) is 40.8 Å². The highest BCUT2D eigenvalue weighted by molar-refractivity contribution is 7.21. The number of esters is 1. The fourth-order valence-electron chi connectivity index (χ4n) is 2.20. The second-order valence-electron chi connectivity index (χ2n) is 5.43. The van der Waals surface area contributed by atoms with Crippen LogP contribution in [0.4, 0.5) is 0 Å². The number of furan rings is 1. The first-order valence-electron chi connectivity index (χ1n) is 8.07. The van der Waals surface area contributed by atoms with Gasteiger partial charge < -0.3 is 14.5 Å². The smallest absolute Gasteiger partial charge is 0.374 e. The van der Waals surface area contributed by atoms with Gasteiger partial charge in [0.1, 0.15) is 0 Å². The van der Waals surface area contributed by atoms with Crippen LogP contribution in [-0.2, 0) is 9.53 Å². The van der Waals surface area contributed by atoms with Crippen LogP contribution in [0.1, 0.15) is 30.3 Å². The number of benzene rings is 1. The number of thiazole rings is 1. The van der Waals surface area contributed by atoms with E-state index in [0.29, 0.717) is 17.3 Å². The monoisotopic (exact) mass is 358 g/mol. The number of aromatic nitrogens is 1. The first kappa shape index (κ1) is 17.2. The molecule has 1 amide bonds. The second-order valence-corrected chi connectivity index (χ2v) is 6.46. The summed E-state index contributed by atoms with van der Waals surface area (Å²) < 4.78 is 11.5. The number of amides is 1. The Morgan fingerprint density at radius 3 is 2.88 bits per heavy atom. The summed E-state index contributed by atoms with van der Waals surface area (Å²) >= 11 is 1.48. The summed E-state index contributed by atoms with van der Waals surface area (Å²) in [6, 6.07) is 11.0. The summed E-state index contributed by atoms with van der Waals surface area (Å²) in [6.45, 7) is 2.29. The van der Waals surface area contributed by atoms with Crippen LogP contribution in [0.3, 0.4) is 0 Å². The SMILES string of the molecule is CCCCNC(=O)COC(=O)c1ccc(-c2nc3ccccc3s2)o1. The normalized spacial score (nSPS) is 10.8. The quantitative estimate of drug-likeness (QED) is 0.515. The van der Waals surface area contributed by atoms with Gasteiger partial charge in [0, 0.05) is 6.54 Å². The van der Waals surface area contributed by atoms with Gasteiger partial charge in [-0.05, 0) is 30.7 Å². The van der Waals surface area contributed by atoms with Crippen LogP contribution >= 0.6 is 11.3 Å². The Hall–Kier alpha value is -2.67. The van der Waals surface area contributed by atoms with Crippen molar-refractivity contribution >= 4 is 33.4 Å². The highest BCUT2D eigenvalue weighted by Crippen LogP contribution is 2.31. The molecule has 25 heavy (non-hydrogen) atoms. The van der Waals surface area contributed by atoms with Gasteiger partial charge in [0.2, 0.25) is 5.76 Å². The number of nitrogens with one attached hydrogen (secondary N) is 1.